The van der Waals surface area contributed by atoms with E-state index in [0.29, 0.717) is 10.6 Å². The summed E-state index contributed by atoms with van der Waals surface area (Å²) >= 11 is 1.37. The van der Waals surface area contributed by atoms with E-state index in [0.717, 1.165) is 36.1 Å². The van der Waals surface area contributed by atoms with Gasteiger partial charge in [0.25, 0.3) is 5.91 Å². The number of amides is 1. The highest BCUT2D eigenvalue weighted by molar-refractivity contribution is 7.17. The summed E-state index contributed by atoms with van der Waals surface area (Å²) in [6.07, 6.45) is 6.48. The van der Waals surface area contributed by atoms with Crippen LogP contribution < -0.4 is 5.32 Å². The number of aryl methyl sites for hydroxylation is 1. The second-order valence-electron chi connectivity index (χ2n) is 4.69. The lowest BCUT2D eigenvalue weighted by Gasteiger charge is -2.10. The number of carboxylic acid groups (broad SMARTS) is 1. The van der Waals surface area contributed by atoms with E-state index in [4.69, 9.17) is 4.42 Å². The third-order valence-electron chi connectivity index (χ3n) is 3.40. The molecule has 2 N–H and O–H groups in total. The Morgan fingerprint density at radius 1 is 1.30 bits per heavy atom. The molecule has 0 saturated carbocycles. The van der Waals surface area contributed by atoms with Crippen molar-refractivity contribution in [3.05, 3.63) is 40.2 Å². The summed E-state index contributed by atoms with van der Waals surface area (Å²) in [5.74, 6) is -1.33. The van der Waals surface area contributed by atoms with E-state index in [1.165, 1.54) is 23.9 Å². The maximum absolute atomic E-state index is 12.0. The van der Waals surface area contributed by atoms with Crippen LogP contribution in [-0.2, 0) is 12.8 Å². The molecule has 0 radical (unpaired) electrons. The summed E-state index contributed by atoms with van der Waals surface area (Å²) in [5.41, 5.74) is 1.52. The molecule has 0 atom stereocenters. The first-order chi connectivity index (χ1) is 9.66. The first-order valence-corrected chi connectivity index (χ1v) is 7.20. The highest BCUT2D eigenvalue weighted by Crippen LogP contribution is 2.38. The molecule has 0 unspecified atom stereocenters. The molecular weight excluding hydrogens is 278 g/mol. The van der Waals surface area contributed by atoms with E-state index in [-0.39, 0.29) is 11.5 Å². The lowest BCUT2D eigenvalue weighted by atomic mass is 9.95. The second-order valence-corrected chi connectivity index (χ2v) is 5.79. The molecule has 3 rings (SSSR count). The zero-order valence-corrected chi connectivity index (χ0v) is 11.5. The molecule has 0 spiro atoms. The Kier molecular flexibility index (Phi) is 3.31. The normalized spacial score (nSPS) is 13.8. The zero-order chi connectivity index (χ0) is 14.1. The number of hydrogen-bond donors (Lipinski definition) is 2. The number of fused-ring (bicyclic) bond motifs is 1. The highest BCUT2D eigenvalue weighted by Gasteiger charge is 2.26. The van der Waals surface area contributed by atoms with Crippen LogP contribution in [0.4, 0.5) is 5.00 Å². The third kappa shape index (κ3) is 2.22. The largest absolute Gasteiger partial charge is 0.478 e. The van der Waals surface area contributed by atoms with Gasteiger partial charge in [0.1, 0.15) is 11.3 Å². The molecule has 1 amide bonds. The van der Waals surface area contributed by atoms with Crippen molar-refractivity contribution >= 4 is 28.2 Å². The van der Waals surface area contributed by atoms with E-state index in [9.17, 15) is 14.7 Å². The first-order valence-electron chi connectivity index (χ1n) is 6.38. The number of anilines is 1. The van der Waals surface area contributed by atoms with Crippen molar-refractivity contribution in [1.29, 1.82) is 0 Å². The third-order valence-corrected chi connectivity index (χ3v) is 4.60. The van der Waals surface area contributed by atoms with Crippen LogP contribution in [0.5, 0.6) is 0 Å². The first kappa shape index (κ1) is 12.9. The average molecular weight is 291 g/mol. The van der Waals surface area contributed by atoms with Gasteiger partial charge < -0.3 is 14.8 Å². The van der Waals surface area contributed by atoms with Crippen molar-refractivity contribution in [2.24, 2.45) is 0 Å². The quantitative estimate of drug-likeness (QED) is 0.910. The van der Waals surface area contributed by atoms with Crippen LogP contribution in [-0.4, -0.2) is 17.0 Å². The molecular formula is C14H13NO4S. The Labute approximate surface area is 119 Å². The Morgan fingerprint density at radius 3 is 2.80 bits per heavy atom. The maximum Gasteiger partial charge on any atom is 0.339 e. The summed E-state index contributed by atoms with van der Waals surface area (Å²) < 4.78 is 4.86. The predicted octanol–water partition coefficient (Wildman–Crippen LogP) is 3.17. The van der Waals surface area contributed by atoms with Gasteiger partial charge in [-0.2, -0.15) is 0 Å². The van der Waals surface area contributed by atoms with Crippen LogP contribution in [0.25, 0.3) is 0 Å². The van der Waals surface area contributed by atoms with Crippen molar-refractivity contribution in [2.45, 2.75) is 25.7 Å². The standard InChI is InChI=1S/C14H13NO4S/c16-12(8-5-6-19-7-8)15-13-11(14(17)18)9-3-1-2-4-10(9)20-13/h5-7H,1-4H2,(H,15,16)(H,17,18). The van der Waals surface area contributed by atoms with Crippen molar-refractivity contribution in [2.75, 3.05) is 5.32 Å². The minimum Gasteiger partial charge on any atom is -0.478 e. The van der Waals surface area contributed by atoms with E-state index >= 15 is 0 Å². The number of carboxylic acids is 1. The molecule has 0 aromatic carbocycles. The molecule has 0 bridgehead atoms. The molecule has 0 saturated heterocycles. The maximum atomic E-state index is 12.0. The Bertz CT molecular complexity index is 657. The van der Waals surface area contributed by atoms with Gasteiger partial charge in [-0.3, -0.25) is 4.79 Å². The van der Waals surface area contributed by atoms with Gasteiger partial charge in [0.15, 0.2) is 0 Å². The highest BCUT2D eigenvalue weighted by atomic mass is 32.1. The van der Waals surface area contributed by atoms with E-state index in [2.05, 4.69) is 5.32 Å². The van der Waals surface area contributed by atoms with Crippen LogP contribution in [0.1, 0.15) is 44.0 Å². The summed E-state index contributed by atoms with van der Waals surface area (Å²) in [4.78, 5) is 24.5. The van der Waals surface area contributed by atoms with Crippen LogP contribution in [0.3, 0.4) is 0 Å². The Morgan fingerprint density at radius 2 is 2.10 bits per heavy atom. The predicted molar refractivity (Wildman–Crippen MR) is 74.6 cm³/mol. The summed E-state index contributed by atoms with van der Waals surface area (Å²) in [6, 6.07) is 1.54. The Hall–Kier alpha value is -2.08. The molecule has 20 heavy (non-hydrogen) atoms. The molecule has 1 aliphatic rings. The molecule has 104 valence electrons. The van der Waals surface area contributed by atoms with Gasteiger partial charge in [-0.1, -0.05) is 0 Å². The number of rotatable bonds is 3. The number of carbonyl (C=O) groups is 2. The van der Waals surface area contributed by atoms with Crippen LogP contribution in [0.15, 0.2) is 23.0 Å². The van der Waals surface area contributed by atoms with Crippen molar-refractivity contribution < 1.29 is 19.1 Å². The zero-order valence-electron chi connectivity index (χ0n) is 10.6. The Balaban J connectivity index is 1.95. The van der Waals surface area contributed by atoms with E-state index in [1.54, 1.807) is 6.07 Å². The van der Waals surface area contributed by atoms with Crippen LogP contribution >= 0.6 is 11.3 Å². The SMILES string of the molecule is O=C(Nc1sc2c(c1C(=O)O)CCCC2)c1ccoc1. The summed E-state index contributed by atoms with van der Waals surface area (Å²) in [5, 5.41) is 12.5. The lowest BCUT2D eigenvalue weighted by Crippen LogP contribution is -2.13. The number of thiophene rings is 1. The van der Waals surface area contributed by atoms with Gasteiger partial charge in [0.2, 0.25) is 0 Å². The smallest absolute Gasteiger partial charge is 0.339 e. The number of aromatic carboxylic acids is 1. The van der Waals surface area contributed by atoms with Gasteiger partial charge in [0, 0.05) is 4.88 Å². The molecule has 2 aromatic heterocycles. The van der Waals surface area contributed by atoms with Crippen molar-refractivity contribution in [3.8, 4) is 0 Å². The molecule has 6 heteroatoms. The van der Waals surface area contributed by atoms with Crippen LogP contribution in [0.2, 0.25) is 0 Å². The van der Waals surface area contributed by atoms with Gasteiger partial charge in [-0.05, 0) is 37.3 Å². The monoisotopic (exact) mass is 291 g/mol. The van der Waals surface area contributed by atoms with E-state index < -0.39 is 5.97 Å². The second kappa shape index (κ2) is 5.13. The number of hydrogen-bond acceptors (Lipinski definition) is 4. The van der Waals surface area contributed by atoms with Gasteiger partial charge >= 0.3 is 5.97 Å². The average Bonchev–Trinajstić information content (AvgIpc) is 3.05. The van der Waals surface area contributed by atoms with Gasteiger partial charge in [0.05, 0.1) is 17.4 Å². The minimum atomic E-state index is -0.980. The number of nitrogens with one attached hydrogen (secondary N) is 1. The lowest BCUT2D eigenvalue weighted by molar-refractivity contribution is 0.0697. The fraction of sp³-hybridized carbons (Fsp3) is 0.286. The molecule has 0 fully saturated rings. The van der Waals surface area contributed by atoms with E-state index in [1.807, 2.05) is 0 Å². The molecule has 2 heterocycles. The fourth-order valence-corrected chi connectivity index (χ4v) is 3.73. The number of furan rings is 1. The number of carbonyl (C=O) groups excluding carboxylic acids is 1. The molecule has 2 aromatic rings. The summed E-state index contributed by atoms with van der Waals surface area (Å²) in [6.45, 7) is 0. The fourth-order valence-electron chi connectivity index (χ4n) is 2.45. The van der Waals surface area contributed by atoms with Crippen LogP contribution in [0, 0.1) is 0 Å². The van der Waals surface area contributed by atoms with Crippen molar-refractivity contribution in [3.63, 3.8) is 0 Å². The minimum absolute atomic E-state index is 0.251. The van der Waals surface area contributed by atoms with Gasteiger partial charge in [-0.25, -0.2) is 4.79 Å². The topological polar surface area (TPSA) is 79.5 Å². The molecule has 0 aliphatic heterocycles. The van der Waals surface area contributed by atoms with Crippen molar-refractivity contribution in [1.82, 2.24) is 0 Å². The van der Waals surface area contributed by atoms with Gasteiger partial charge in [-0.15, -0.1) is 11.3 Å². The molecule has 1 aliphatic carbocycles. The molecule has 5 nitrogen and oxygen atoms in total. The summed E-state index contributed by atoms with van der Waals surface area (Å²) in [7, 11) is 0.